The number of aromatic nitrogens is 3. The quantitative estimate of drug-likeness (QED) is 0.199. The third kappa shape index (κ3) is 6.01. The lowest BCUT2D eigenvalue weighted by molar-refractivity contribution is -0.136. The lowest BCUT2D eigenvalue weighted by Crippen LogP contribution is -2.54. The molecule has 1 atom stereocenters. The molecule has 2 aliphatic heterocycles. The number of carbonyl (C=O) groups is 5. The number of anilines is 4. The number of hydrogen-bond donors (Lipinski definition) is 4. The normalized spacial score (nSPS) is 15.9. The van der Waals surface area contributed by atoms with Crippen LogP contribution in [0.3, 0.4) is 0 Å². The van der Waals surface area contributed by atoms with Gasteiger partial charge in [-0.3, -0.25) is 34.2 Å². The number of halogens is 2. The molecule has 16 heteroatoms. The smallest absolute Gasteiger partial charge is 0.267 e. The molecule has 2 aliphatic rings. The summed E-state index contributed by atoms with van der Waals surface area (Å²) in [6.07, 6.45) is 1.35. The van der Waals surface area contributed by atoms with E-state index in [2.05, 4.69) is 36.2 Å². The van der Waals surface area contributed by atoms with Crippen LogP contribution in [0.1, 0.15) is 60.2 Å². The zero-order valence-corrected chi connectivity index (χ0v) is 25.8. The van der Waals surface area contributed by atoms with Gasteiger partial charge in [-0.15, -0.1) is 0 Å². The molecule has 4 heterocycles. The minimum Gasteiger partial charge on any atom is -0.366 e. The van der Waals surface area contributed by atoms with Crippen LogP contribution in [0.5, 0.6) is 0 Å². The predicted octanol–water partition coefficient (Wildman–Crippen LogP) is 4.35. The molecule has 5 amide bonds. The standard InChI is InChI=1S/C30H24ClFN8O5S/c1-13-4-3-5-17(31)25(13)39-27(43)20-12-34-30(46-20)37-22-10-21(35-14(2)36-22)33-11-15-8-16-24(18(32)9-15)29(45)40(28(16)44)19-6-7-23(41)38-26(19)42/h3-5,8-10,12,19H,6-7,11H2,1-2H3,(H,39,43)(H,38,41,42)(H2,33,34,35,36,37). The van der Waals surface area contributed by atoms with E-state index >= 15 is 4.39 Å². The number of piperidine rings is 1. The first-order valence-electron chi connectivity index (χ1n) is 13.9. The maximum atomic E-state index is 15.1. The van der Waals surface area contributed by atoms with Crippen molar-refractivity contribution in [3.63, 3.8) is 0 Å². The molecule has 6 rings (SSSR count). The van der Waals surface area contributed by atoms with E-state index in [4.69, 9.17) is 11.6 Å². The number of amides is 5. The Labute approximate surface area is 269 Å². The van der Waals surface area contributed by atoms with E-state index in [0.717, 1.165) is 23.0 Å². The van der Waals surface area contributed by atoms with Crippen molar-refractivity contribution in [2.75, 3.05) is 16.0 Å². The number of aryl methyl sites for hydroxylation is 2. The largest absolute Gasteiger partial charge is 0.366 e. The van der Waals surface area contributed by atoms with E-state index in [1.54, 1.807) is 25.1 Å². The van der Waals surface area contributed by atoms with Gasteiger partial charge in [-0.2, -0.15) is 0 Å². The number of carbonyl (C=O) groups excluding carboxylic acids is 5. The Morgan fingerprint density at radius 2 is 1.89 bits per heavy atom. The van der Waals surface area contributed by atoms with Gasteiger partial charge < -0.3 is 16.0 Å². The molecule has 0 bridgehead atoms. The predicted molar refractivity (Wildman–Crippen MR) is 167 cm³/mol. The van der Waals surface area contributed by atoms with Gasteiger partial charge in [0, 0.05) is 19.0 Å². The van der Waals surface area contributed by atoms with Gasteiger partial charge in [0.25, 0.3) is 17.7 Å². The minimum absolute atomic E-state index is 0.0308. The van der Waals surface area contributed by atoms with E-state index in [-0.39, 0.29) is 30.9 Å². The summed E-state index contributed by atoms with van der Waals surface area (Å²) in [5, 5.41) is 11.8. The van der Waals surface area contributed by atoms with Crippen molar-refractivity contribution in [2.24, 2.45) is 0 Å². The summed E-state index contributed by atoms with van der Waals surface area (Å²) in [6, 6.07) is 8.22. The van der Waals surface area contributed by atoms with Crippen molar-refractivity contribution in [1.82, 2.24) is 25.2 Å². The molecular weight excluding hydrogens is 639 g/mol. The van der Waals surface area contributed by atoms with Gasteiger partial charge in [-0.05, 0) is 49.6 Å². The summed E-state index contributed by atoms with van der Waals surface area (Å²) in [5.41, 5.74) is 1.10. The number of benzene rings is 2. The van der Waals surface area contributed by atoms with Gasteiger partial charge in [0.15, 0.2) is 5.13 Å². The number of nitrogens with one attached hydrogen (secondary N) is 4. The maximum absolute atomic E-state index is 15.1. The van der Waals surface area contributed by atoms with Crippen molar-refractivity contribution >= 4 is 74.9 Å². The molecule has 2 aromatic carbocycles. The van der Waals surface area contributed by atoms with Gasteiger partial charge in [0.2, 0.25) is 11.8 Å². The highest BCUT2D eigenvalue weighted by molar-refractivity contribution is 7.17. The lowest BCUT2D eigenvalue weighted by atomic mass is 10.0. The first kappa shape index (κ1) is 30.7. The fourth-order valence-electron chi connectivity index (χ4n) is 5.13. The maximum Gasteiger partial charge on any atom is 0.267 e. The first-order chi connectivity index (χ1) is 22.0. The van der Waals surface area contributed by atoms with E-state index in [9.17, 15) is 24.0 Å². The van der Waals surface area contributed by atoms with Gasteiger partial charge in [-0.25, -0.2) is 19.3 Å². The highest BCUT2D eigenvalue weighted by Crippen LogP contribution is 2.31. The lowest BCUT2D eigenvalue weighted by Gasteiger charge is -2.27. The van der Waals surface area contributed by atoms with Crippen LogP contribution in [-0.4, -0.2) is 55.4 Å². The van der Waals surface area contributed by atoms with Crippen molar-refractivity contribution in [2.45, 2.75) is 39.3 Å². The molecule has 0 radical (unpaired) electrons. The number of thiazole rings is 1. The number of hydrogen-bond acceptors (Lipinski definition) is 11. The molecule has 4 N–H and O–H groups in total. The molecule has 0 aliphatic carbocycles. The molecule has 1 saturated heterocycles. The third-order valence-electron chi connectivity index (χ3n) is 7.29. The van der Waals surface area contributed by atoms with Crippen molar-refractivity contribution in [3.05, 3.63) is 86.4 Å². The average Bonchev–Trinajstić information content (AvgIpc) is 3.56. The number of fused-ring (bicyclic) bond motifs is 1. The molecule has 2 aromatic heterocycles. The summed E-state index contributed by atoms with van der Waals surface area (Å²) in [6.45, 7) is 3.54. The zero-order chi connectivity index (χ0) is 32.7. The van der Waals surface area contributed by atoms with Crippen LogP contribution in [0.4, 0.5) is 26.8 Å². The van der Waals surface area contributed by atoms with E-state index < -0.39 is 41.1 Å². The highest BCUT2D eigenvalue weighted by Gasteiger charge is 2.46. The Kier molecular flexibility index (Phi) is 8.19. The second-order valence-corrected chi connectivity index (χ2v) is 12.0. The summed E-state index contributed by atoms with van der Waals surface area (Å²) >= 11 is 7.33. The molecule has 0 saturated carbocycles. The first-order valence-corrected chi connectivity index (χ1v) is 15.1. The number of imide groups is 2. The van der Waals surface area contributed by atoms with E-state index in [1.165, 1.54) is 12.3 Å². The molecule has 1 fully saturated rings. The van der Waals surface area contributed by atoms with Crippen molar-refractivity contribution in [1.29, 1.82) is 0 Å². The fraction of sp³-hybridized carbons (Fsp3) is 0.200. The van der Waals surface area contributed by atoms with Crippen LogP contribution in [0.15, 0.2) is 42.6 Å². The molecule has 46 heavy (non-hydrogen) atoms. The van der Waals surface area contributed by atoms with Gasteiger partial charge in [-0.1, -0.05) is 35.1 Å². The summed E-state index contributed by atoms with van der Waals surface area (Å²) in [7, 11) is 0. The Balaban J connectivity index is 1.13. The third-order valence-corrected chi connectivity index (χ3v) is 8.52. The average molecular weight is 663 g/mol. The van der Waals surface area contributed by atoms with Gasteiger partial charge in [0.05, 0.1) is 28.0 Å². The molecule has 234 valence electrons. The van der Waals surface area contributed by atoms with Crippen LogP contribution in [-0.2, 0) is 16.1 Å². The Morgan fingerprint density at radius 3 is 2.65 bits per heavy atom. The second-order valence-electron chi connectivity index (χ2n) is 10.5. The van der Waals surface area contributed by atoms with Crippen LogP contribution in [0, 0.1) is 19.7 Å². The molecular formula is C30H24ClFN8O5S. The van der Waals surface area contributed by atoms with E-state index in [0.29, 0.717) is 48.6 Å². The molecule has 13 nitrogen and oxygen atoms in total. The Bertz CT molecular complexity index is 1950. The Morgan fingerprint density at radius 1 is 1.11 bits per heavy atom. The second kappa shape index (κ2) is 12.3. The number of para-hydroxylation sites is 1. The summed E-state index contributed by atoms with van der Waals surface area (Å²) in [5.74, 6) is -3.14. The molecule has 0 spiro atoms. The van der Waals surface area contributed by atoms with E-state index in [1.807, 2.05) is 13.0 Å². The topological polar surface area (TPSA) is 175 Å². The van der Waals surface area contributed by atoms with Gasteiger partial charge in [0.1, 0.15) is 34.2 Å². The van der Waals surface area contributed by atoms with Crippen LogP contribution in [0.25, 0.3) is 0 Å². The zero-order valence-electron chi connectivity index (χ0n) is 24.2. The van der Waals surface area contributed by atoms with Crippen LogP contribution in [0.2, 0.25) is 5.02 Å². The molecule has 1 unspecified atom stereocenters. The SMILES string of the molecule is Cc1nc(NCc2cc(F)c3c(c2)C(=O)N(C2CCC(=O)NC2=O)C3=O)cc(Nc2ncc(C(=O)Nc3c(C)cccc3Cl)s2)n1. The summed E-state index contributed by atoms with van der Waals surface area (Å²) < 4.78 is 15.1. The fourth-order valence-corrected chi connectivity index (χ4v) is 6.12. The van der Waals surface area contributed by atoms with Crippen molar-refractivity contribution in [3.8, 4) is 0 Å². The van der Waals surface area contributed by atoms with Crippen molar-refractivity contribution < 1.29 is 28.4 Å². The Hall–Kier alpha value is -5.28. The minimum atomic E-state index is -1.20. The van der Waals surface area contributed by atoms with Crippen LogP contribution >= 0.6 is 22.9 Å². The molecule has 4 aromatic rings. The van der Waals surface area contributed by atoms with Crippen LogP contribution < -0.4 is 21.3 Å². The summed E-state index contributed by atoms with van der Waals surface area (Å²) in [4.78, 5) is 76.7. The monoisotopic (exact) mass is 662 g/mol. The van der Waals surface area contributed by atoms with Gasteiger partial charge >= 0.3 is 0 Å². The highest BCUT2D eigenvalue weighted by atomic mass is 35.5. The number of rotatable bonds is 8. The number of nitrogens with zero attached hydrogens (tertiary/aromatic N) is 4.